The maximum absolute atomic E-state index is 11.0. The number of anilines is 1. The second-order valence-electron chi connectivity index (χ2n) is 4.01. The highest BCUT2D eigenvalue weighted by Crippen LogP contribution is 2.20. The van der Waals surface area contributed by atoms with E-state index < -0.39 is 11.9 Å². The smallest absolute Gasteiger partial charge is 0.308 e. The quantitative estimate of drug-likeness (QED) is 0.830. The van der Waals surface area contributed by atoms with Crippen LogP contribution in [0, 0.1) is 17.2 Å². The van der Waals surface area contributed by atoms with Gasteiger partial charge >= 0.3 is 5.97 Å². The molecule has 1 aromatic rings. The van der Waals surface area contributed by atoms with Crippen LogP contribution in [-0.2, 0) is 4.79 Å². The average molecular weight is 267 g/mol. The molecule has 1 atom stereocenters. The maximum atomic E-state index is 11.0. The SMILES string of the molecule is CCCC(CNc1ccc(C#N)c(Cl)c1)C(=O)O. The molecule has 0 saturated heterocycles. The van der Waals surface area contributed by atoms with E-state index in [0.717, 1.165) is 12.1 Å². The summed E-state index contributed by atoms with van der Waals surface area (Å²) in [5.74, 6) is -1.21. The van der Waals surface area contributed by atoms with Crippen LogP contribution in [0.4, 0.5) is 5.69 Å². The third-order valence-electron chi connectivity index (χ3n) is 2.63. The van der Waals surface area contributed by atoms with Crippen LogP contribution in [0.15, 0.2) is 18.2 Å². The number of aliphatic carboxylic acids is 1. The Hall–Kier alpha value is -1.73. The number of nitrogens with one attached hydrogen (secondary N) is 1. The molecule has 0 aromatic heterocycles. The average Bonchev–Trinajstić information content (AvgIpc) is 2.34. The lowest BCUT2D eigenvalue weighted by Crippen LogP contribution is -2.22. The van der Waals surface area contributed by atoms with Crippen molar-refractivity contribution in [3.8, 4) is 6.07 Å². The fraction of sp³-hybridized carbons (Fsp3) is 0.385. The molecule has 0 bridgehead atoms. The Morgan fingerprint density at radius 3 is 2.83 bits per heavy atom. The first-order valence-electron chi connectivity index (χ1n) is 5.74. The summed E-state index contributed by atoms with van der Waals surface area (Å²) in [5, 5.41) is 21.1. The fourth-order valence-corrected chi connectivity index (χ4v) is 1.84. The Morgan fingerprint density at radius 2 is 2.33 bits per heavy atom. The molecule has 1 rings (SSSR count). The largest absolute Gasteiger partial charge is 0.481 e. The highest BCUT2D eigenvalue weighted by molar-refractivity contribution is 6.32. The summed E-state index contributed by atoms with van der Waals surface area (Å²) in [4.78, 5) is 11.0. The number of halogens is 1. The van der Waals surface area contributed by atoms with Crippen LogP contribution in [0.2, 0.25) is 5.02 Å². The van der Waals surface area contributed by atoms with Crippen molar-refractivity contribution in [2.24, 2.45) is 5.92 Å². The van der Waals surface area contributed by atoms with E-state index in [0.29, 0.717) is 23.6 Å². The molecule has 1 aromatic carbocycles. The second-order valence-corrected chi connectivity index (χ2v) is 4.42. The minimum absolute atomic E-state index is 0.353. The van der Waals surface area contributed by atoms with Gasteiger partial charge in [0.15, 0.2) is 0 Å². The van der Waals surface area contributed by atoms with E-state index in [-0.39, 0.29) is 0 Å². The van der Waals surface area contributed by atoms with E-state index in [9.17, 15) is 4.79 Å². The summed E-state index contributed by atoms with van der Waals surface area (Å²) in [6.45, 7) is 2.31. The maximum Gasteiger partial charge on any atom is 0.308 e. The molecular formula is C13H15ClN2O2. The molecule has 4 nitrogen and oxygen atoms in total. The monoisotopic (exact) mass is 266 g/mol. The van der Waals surface area contributed by atoms with Crippen LogP contribution in [0.25, 0.3) is 0 Å². The van der Waals surface area contributed by atoms with Gasteiger partial charge in [0.05, 0.1) is 16.5 Å². The van der Waals surface area contributed by atoms with E-state index in [4.69, 9.17) is 22.0 Å². The van der Waals surface area contributed by atoms with Crippen molar-refractivity contribution < 1.29 is 9.90 Å². The third-order valence-corrected chi connectivity index (χ3v) is 2.94. The van der Waals surface area contributed by atoms with Crippen LogP contribution in [0.3, 0.4) is 0 Å². The number of rotatable bonds is 6. The van der Waals surface area contributed by atoms with Crippen molar-refractivity contribution >= 4 is 23.3 Å². The molecule has 2 N–H and O–H groups in total. The molecule has 0 saturated carbocycles. The van der Waals surface area contributed by atoms with Crippen LogP contribution in [0.1, 0.15) is 25.3 Å². The minimum Gasteiger partial charge on any atom is -0.481 e. The molecule has 0 aliphatic rings. The molecular weight excluding hydrogens is 252 g/mol. The summed E-state index contributed by atoms with van der Waals surface area (Å²) >= 11 is 5.89. The third kappa shape index (κ3) is 3.94. The number of hydrogen-bond acceptors (Lipinski definition) is 3. The molecule has 1 unspecified atom stereocenters. The van der Waals surface area contributed by atoms with E-state index in [1.807, 2.05) is 13.0 Å². The molecule has 0 spiro atoms. The Bertz CT molecular complexity index is 469. The zero-order chi connectivity index (χ0) is 13.5. The van der Waals surface area contributed by atoms with Gasteiger partial charge in [0, 0.05) is 12.2 Å². The lowest BCUT2D eigenvalue weighted by molar-refractivity contribution is -0.141. The van der Waals surface area contributed by atoms with Crippen LogP contribution >= 0.6 is 11.6 Å². The highest BCUT2D eigenvalue weighted by atomic mass is 35.5. The summed E-state index contributed by atoms with van der Waals surface area (Å²) in [7, 11) is 0. The van der Waals surface area contributed by atoms with E-state index in [1.54, 1.807) is 18.2 Å². The first-order chi connectivity index (χ1) is 8.58. The Kier molecular flexibility index (Phi) is 5.47. The molecule has 0 radical (unpaired) electrons. The van der Waals surface area contributed by atoms with Gasteiger partial charge in [-0.2, -0.15) is 5.26 Å². The molecule has 96 valence electrons. The normalized spacial score (nSPS) is 11.6. The molecule has 0 aliphatic carbocycles. The van der Waals surface area contributed by atoms with Crippen molar-refractivity contribution in [1.29, 1.82) is 5.26 Å². The molecule has 18 heavy (non-hydrogen) atoms. The lowest BCUT2D eigenvalue weighted by Gasteiger charge is -2.13. The fourth-order valence-electron chi connectivity index (χ4n) is 1.62. The number of benzene rings is 1. The van der Waals surface area contributed by atoms with E-state index in [2.05, 4.69) is 5.32 Å². The first kappa shape index (κ1) is 14.3. The van der Waals surface area contributed by atoms with Crippen molar-refractivity contribution in [1.82, 2.24) is 0 Å². The van der Waals surface area contributed by atoms with Gasteiger partial charge in [0.25, 0.3) is 0 Å². The van der Waals surface area contributed by atoms with Gasteiger partial charge in [0.2, 0.25) is 0 Å². The van der Waals surface area contributed by atoms with Crippen LogP contribution in [-0.4, -0.2) is 17.6 Å². The molecule has 5 heteroatoms. The predicted octanol–water partition coefficient (Wildman–Crippen LogP) is 3.12. The van der Waals surface area contributed by atoms with E-state index in [1.165, 1.54) is 0 Å². The summed E-state index contributed by atoms with van der Waals surface area (Å²) in [6.07, 6.45) is 1.46. The number of carboxylic acids is 1. The summed E-state index contributed by atoms with van der Waals surface area (Å²) < 4.78 is 0. The van der Waals surface area contributed by atoms with Gasteiger partial charge in [-0.05, 0) is 24.6 Å². The number of nitrogens with zero attached hydrogens (tertiary/aromatic N) is 1. The van der Waals surface area contributed by atoms with Crippen molar-refractivity contribution in [2.75, 3.05) is 11.9 Å². The van der Waals surface area contributed by atoms with Gasteiger partial charge in [-0.1, -0.05) is 24.9 Å². The van der Waals surface area contributed by atoms with Gasteiger partial charge in [-0.25, -0.2) is 0 Å². The van der Waals surface area contributed by atoms with Gasteiger partial charge in [-0.3, -0.25) is 4.79 Å². The number of carboxylic acid groups (broad SMARTS) is 1. The van der Waals surface area contributed by atoms with Crippen molar-refractivity contribution in [3.05, 3.63) is 28.8 Å². The predicted molar refractivity (Wildman–Crippen MR) is 70.7 cm³/mol. The molecule has 0 fully saturated rings. The Morgan fingerprint density at radius 1 is 1.61 bits per heavy atom. The molecule has 0 amide bonds. The molecule has 0 heterocycles. The summed E-state index contributed by atoms with van der Waals surface area (Å²) in [6, 6.07) is 6.93. The van der Waals surface area contributed by atoms with Gasteiger partial charge < -0.3 is 10.4 Å². The Labute approximate surface area is 111 Å². The second kappa shape index (κ2) is 6.87. The van der Waals surface area contributed by atoms with Gasteiger partial charge in [-0.15, -0.1) is 0 Å². The van der Waals surface area contributed by atoms with Crippen LogP contribution < -0.4 is 5.32 Å². The van der Waals surface area contributed by atoms with Crippen molar-refractivity contribution in [3.63, 3.8) is 0 Å². The number of carbonyl (C=O) groups is 1. The van der Waals surface area contributed by atoms with Crippen LogP contribution in [0.5, 0.6) is 0 Å². The highest BCUT2D eigenvalue weighted by Gasteiger charge is 2.15. The summed E-state index contributed by atoms with van der Waals surface area (Å²) in [5.41, 5.74) is 1.13. The van der Waals surface area contributed by atoms with E-state index >= 15 is 0 Å². The zero-order valence-electron chi connectivity index (χ0n) is 10.1. The number of hydrogen-bond donors (Lipinski definition) is 2. The zero-order valence-corrected chi connectivity index (χ0v) is 10.9. The lowest BCUT2D eigenvalue weighted by atomic mass is 10.0. The topological polar surface area (TPSA) is 73.1 Å². The standard InChI is InChI=1S/C13H15ClN2O2/c1-2-3-10(13(17)18)8-16-11-5-4-9(7-15)12(14)6-11/h4-6,10,16H,2-3,8H2,1H3,(H,17,18). The minimum atomic E-state index is -0.802. The first-order valence-corrected chi connectivity index (χ1v) is 6.12. The Balaban J connectivity index is 2.65. The van der Waals surface area contributed by atoms with Gasteiger partial charge in [0.1, 0.15) is 6.07 Å². The number of nitriles is 1. The molecule has 0 aliphatic heterocycles. The van der Waals surface area contributed by atoms with Crippen molar-refractivity contribution in [2.45, 2.75) is 19.8 Å².